The first-order valence-electron chi connectivity index (χ1n) is 12.4. The van der Waals surface area contributed by atoms with Crippen LogP contribution in [-0.4, -0.2) is 59.4 Å². The SMILES string of the molecule is CC.CC(C)C.CC(C)CN(CC(O)[C@H](Cc1ccccc1)NC(=O)CN)C(=O)OC(C)(C)C. The zero-order valence-corrected chi connectivity index (χ0v) is 23.2. The molecule has 0 radical (unpaired) electrons. The van der Waals surface area contributed by atoms with Gasteiger partial charge in [-0.25, -0.2) is 4.79 Å². The number of aliphatic hydroxyl groups excluding tert-OH is 1. The van der Waals surface area contributed by atoms with E-state index in [4.69, 9.17) is 10.5 Å². The molecule has 0 fully saturated rings. The monoisotopic (exact) mass is 481 g/mol. The molecule has 2 atom stereocenters. The van der Waals surface area contributed by atoms with Gasteiger partial charge >= 0.3 is 6.09 Å². The normalized spacial score (nSPS) is 12.5. The summed E-state index contributed by atoms with van der Waals surface area (Å²) in [5, 5.41) is 13.6. The number of benzene rings is 1. The second-order valence-electron chi connectivity index (χ2n) is 10.1. The summed E-state index contributed by atoms with van der Waals surface area (Å²) in [5.74, 6) is 0.679. The molecule has 4 N–H and O–H groups in total. The van der Waals surface area contributed by atoms with Crippen LogP contribution >= 0.6 is 0 Å². The molecule has 1 aromatic rings. The highest BCUT2D eigenvalue weighted by Gasteiger charge is 2.29. The van der Waals surface area contributed by atoms with Gasteiger partial charge in [-0.1, -0.05) is 78.8 Å². The molecule has 0 saturated carbocycles. The zero-order valence-electron chi connectivity index (χ0n) is 23.2. The standard InChI is InChI=1S/C21H35N3O4.C4H10.C2H6/c1-15(2)13-24(20(27)28-21(3,4)5)14-18(25)17(23-19(26)12-22)11-16-9-7-6-8-10-16;1-4(2)3;1-2/h6-10,15,17-18,25H,11-14,22H2,1-5H3,(H,23,26);4H,1-3H3;1-2H3/t17-,18?;;/m0../s1. The maximum atomic E-state index is 12.6. The quantitative estimate of drug-likeness (QED) is 0.477. The lowest BCUT2D eigenvalue weighted by atomic mass is 10.0. The molecule has 0 heterocycles. The van der Waals surface area contributed by atoms with E-state index in [-0.39, 0.29) is 24.9 Å². The lowest BCUT2D eigenvalue weighted by Crippen LogP contribution is -2.52. The summed E-state index contributed by atoms with van der Waals surface area (Å²) in [4.78, 5) is 25.9. The minimum Gasteiger partial charge on any atom is -0.444 e. The van der Waals surface area contributed by atoms with Gasteiger partial charge in [-0.3, -0.25) is 4.79 Å². The number of carbonyl (C=O) groups is 2. The van der Waals surface area contributed by atoms with Crippen molar-refractivity contribution in [1.82, 2.24) is 10.2 Å². The Bertz CT molecular complexity index is 655. The highest BCUT2D eigenvalue weighted by molar-refractivity contribution is 5.78. The van der Waals surface area contributed by atoms with Crippen molar-refractivity contribution in [2.24, 2.45) is 17.6 Å². The molecule has 0 aromatic heterocycles. The molecule has 0 saturated heterocycles. The van der Waals surface area contributed by atoms with Crippen molar-refractivity contribution in [2.75, 3.05) is 19.6 Å². The third kappa shape index (κ3) is 18.3. The maximum Gasteiger partial charge on any atom is 0.410 e. The number of ether oxygens (including phenoxy) is 1. The molecule has 0 bridgehead atoms. The van der Waals surface area contributed by atoms with E-state index in [1.807, 2.05) is 58.0 Å². The number of nitrogens with zero attached hydrogens (tertiary/aromatic N) is 1. The molecule has 2 amide bonds. The summed E-state index contributed by atoms with van der Waals surface area (Å²) >= 11 is 0. The van der Waals surface area contributed by atoms with Crippen molar-refractivity contribution >= 4 is 12.0 Å². The molecule has 0 aliphatic carbocycles. The lowest BCUT2D eigenvalue weighted by Gasteiger charge is -2.32. The van der Waals surface area contributed by atoms with Crippen molar-refractivity contribution < 1.29 is 19.4 Å². The van der Waals surface area contributed by atoms with Crippen molar-refractivity contribution in [3.05, 3.63) is 35.9 Å². The van der Waals surface area contributed by atoms with E-state index in [1.165, 1.54) is 4.90 Å². The molecular formula is C27H51N3O4. The van der Waals surface area contributed by atoms with Crippen LogP contribution in [0.25, 0.3) is 0 Å². The van der Waals surface area contributed by atoms with Crippen LogP contribution < -0.4 is 11.1 Å². The van der Waals surface area contributed by atoms with Gasteiger partial charge in [0, 0.05) is 6.54 Å². The fraction of sp³-hybridized carbons (Fsp3) is 0.704. The Hall–Kier alpha value is -2.12. The summed E-state index contributed by atoms with van der Waals surface area (Å²) in [7, 11) is 0. The van der Waals surface area contributed by atoms with Gasteiger partial charge in [-0.15, -0.1) is 0 Å². The molecule has 7 nitrogen and oxygen atoms in total. The molecule has 7 heteroatoms. The largest absolute Gasteiger partial charge is 0.444 e. The van der Waals surface area contributed by atoms with Crippen molar-refractivity contribution in [3.8, 4) is 0 Å². The van der Waals surface area contributed by atoms with Crippen LogP contribution in [0.5, 0.6) is 0 Å². The number of nitrogens with one attached hydrogen (secondary N) is 1. The second-order valence-corrected chi connectivity index (χ2v) is 10.1. The van der Waals surface area contributed by atoms with Crippen molar-refractivity contribution in [3.63, 3.8) is 0 Å². The molecule has 1 unspecified atom stereocenters. The highest BCUT2D eigenvalue weighted by Crippen LogP contribution is 2.14. The van der Waals surface area contributed by atoms with Crippen LogP contribution in [-0.2, 0) is 16.0 Å². The second kappa shape index (κ2) is 18.2. The summed E-state index contributed by atoms with van der Waals surface area (Å²) in [6.45, 7) is 20.2. The van der Waals surface area contributed by atoms with E-state index in [9.17, 15) is 14.7 Å². The fourth-order valence-electron chi connectivity index (χ4n) is 2.76. The van der Waals surface area contributed by atoms with Crippen LogP contribution in [0.1, 0.15) is 74.8 Å². The van der Waals surface area contributed by atoms with Gasteiger partial charge in [0.15, 0.2) is 0 Å². The van der Waals surface area contributed by atoms with E-state index >= 15 is 0 Å². The Labute approximate surface area is 208 Å². The first-order chi connectivity index (χ1) is 15.7. The number of amides is 2. The minimum atomic E-state index is -0.970. The van der Waals surface area contributed by atoms with Gasteiger partial charge < -0.3 is 25.8 Å². The smallest absolute Gasteiger partial charge is 0.410 e. The number of nitrogens with two attached hydrogens (primary N) is 1. The number of hydrogen-bond donors (Lipinski definition) is 3. The third-order valence-electron chi connectivity index (χ3n) is 3.94. The molecular weight excluding hydrogens is 430 g/mol. The lowest BCUT2D eigenvalue weighted by molar-refractivity contribution is -0.121. The third-order valence-corrected chi connectivity index (χ3v) is 3.94. The van der Waals surface area contributed by atoms with Gasteiger partial charge in [0.25, 0.3) is 0 Å². The number of rotatable bonds is 9. The van der Waals surface area contributed by atoms with Gasteiger partial charge in [-0.2, -0.15) is 0 Å². The zero-order chi connectivity index (χ0) is 26.9. The number of aliphatic hydroxyl groups is 1. The molecule has 0 aliphatic rings. The summed E-state index contributed by atoms with van der Waals surface area (Å²) in [6.07, 6.45) is -1.02. The summed E-state index contributed by atoms with van der Waals surface area (Å²) < 4.78 is 5.47. The van der Waals surface area contributed by atoms with E-state index in [2.05, 4.69) is 26.1 Å². The van der Waals surface area contributed by atoms with E-state index < -0.39 is 23.8 Å². The molecule has 1 rings (SSSR count). The van der Waals surface area contributed by atoms with Crippen molar-refractivity contribution in [2.45, 2.75) is 93.4 Å². The first-order valence-corrected chi connectivity index (χ1v) is 12.4. The Kier molecular flexibility index (Phi) is 18.3. The molecule has 0 spiro atoms. The van der Waals surface area contributed by atoms with Gasteiger partial charge in [0.05, 0.1) is 25.2 Å². The Morgan fingerprint density at radius 1 is 1.03 bits per heavy atom. The Morgan fingerprint density at radius 2 is 1.53 bits per heavy atom. The van der Waals surface area contributed by atoms with E-state index in [0.717, 1.165) is 11.5 Å². The number of hydrogen-bond acceptors (Lipinski definition) is 5. The van der Waals surface area contributed by atoms with E-state index in [1.54, 1.807) is 20.8 Å². The number of carbonyl (C=O) groups excluding carboxylic acids is 2. The van der Waals surface area contributed by atoms with E-state index in [0.29, 0.717) is 13.0 Å². The Balaban J connectivity index is 0. The summed E-state index contributed by atoms with van der Waals surface area (Å²) in [6, 6.07) is 8.98. The van der Waals surface area contributed by atoms with Crippen LogP contribution in [0.15, 0.2) is 30.3 Å². The Morgan fingerprint density at radius 3 is 1.94 bits per heavy atom. The van der Waals surface area contributed by atoms with Crippen LogP contribution in [0, 0.1) is 11.8 Å². The predicted octanol–water partition coefficient (Wildman–Crippen LogP) is 4.62. The van der Waals surface area contributed by atoms with Crippen LogP contribution in [0.3, 0.4) is 0 Å². The average molecular weight is 482 g/mol. The first kappa shape index (κ1) is 34.0. The topological polar surface area (TPSA) is 105 Å². The van der Waals surface area contributed by atoms with Crippen LogP contribution in [0.4, 0.5) is 4.79 Å². The van der Waals surface area contributed by atoms with Gasteiger partial charge in [-0.05, 0) is 44.6 Å². The highest BCUT2D eigenvalue weighted by atomic mass is 16.6. The maximum absolute atomic E-state index is 12.6. The van der Waals surface area contributed by atoms with Crippen LogP contribution in [0.2, 0.25) is 0 Å². The fourth-order valence-corrected chi connectivity index (χ4v) is 2.76. The predicted molar refractivity (Wildman–Crippen MR) is 142 cm³/mol. The van der Waals surface area contributed by atoms with Gasteiger partial charge in [0.2, 0.25) is 5.91 Å². The van der Waals surface area contributed by atoms with Gasteiger partial charge in [0.1, 0.15) is 5.60 Å². The molecule has 0 aliphatic heterocycles. The molecule has 34 heavy (non-hydrogen) atoms. The average Bonchev–Trinajstić information content (AvgIpc) is 2.72. The molecule has 1 aromatic carbocycles. The molecule has 198 valence electrons. The van der Waals surface area contributed by atoms with Crippen molar-refractivity contribution in [1.29, 1.82) is 0 Å². The summed E-state index contributed by atoms with van der Waals surface area (Å²) in [5.41, 5.74) is 5.76. The minimum absolute atomic E-state index is 0.0510.